The highest BCUT2D eigenvalue weighted by Gasteiger charge is 2.07. The molecule has 0 rings (SSSR count). The summed E-state index contributed by atoms with van der Waals surface area (Å²) in [4.78, 5) is 2.59. The van der Waals surface area contributed by atoms with Gasteiger partial charge in [0.25, 0.3) is 0 Å². The minimum Gasteiger partial charge on any atom is -0.396 e. The van der Waals surface area contributed by atoms with Crippen molar-refractivity contribution in [3.63, 3.8) is 0 Å². The van der Waals surface area contributed by atoms with Gasteiger partial charge in [0.1, 0.15) is 0 Å². The molecule has 0 saturated carbocycles. The maximum Gasteiger partial charge on any atom is 0.0628 e. The smallest absolute Gasteiger partial charge is 0.0628 e. The molecule has 0 aromatic heterocycles. The Morgan fingerprint density at radius 2 is 2.22 bits per heavy atom. The molecule has 0 aliphatic carbocycles. The van der Waals surface area contributed by atoms with Crippen molar-refractivity contribution >= 4 is 0 Å². The minimum absolute atomic E-state index is 0.0677. The van der Waals surface area contributed by atoms with Gasteiger partial charge in [0.15, 0.2) is 0 Å². The Hall–Kier alpha value is -0.730. The van der Waals surface area contributed by atoms with E-state index in [0.29, 0.717) is 0 Å². The van der Waals surface area contributed by atoms with E-state index in [4.69, 9.17) is 10.6 Å². The van der Waals surface area contributed by atoms with Crippen molar-refractivity contribution in [3.05, 3.63) is 10.4 Å². The molecule has 0 aromatic rings. The van der Waals surface area contributed by atoms with Crippen LogP contribution in [-0.4, -0.2) is 17.8 Å². The van der Waals surface area contributed by atoms with E-state index < -0.39 is 0 Å². The minimum atomic E-state index is -0.269. The molecule has 0 aliphatic rings. The average molecular weight is 129 g/mol. The van der Waals surface area contributed by atoms with Crippen LogP contribution in [0.4, 0.5) is 0 Å². The fraction of sp³-hybridized carbons (Fsp3) is 1.00. The van der Waals surface area contributed by atoms with E-state index >= 15 is 0 Å². The molecule has 0 amide bonds. The second-order valence-electron chi connectivity index (χ2n) is 2.20. The van der Waals surface area contributed by atoms with Gasteiger partial charge < -0.3 is 5.11 Å². The number of hydrogen-bond acceptors (Lipinski definition) is 2. The normalized spacial score (nSPS) is 12.9. The summed E-state index contributed by atoms with van der Waals surface area (Å²) < 4.78 is 0. The third-order valence-corrected chi connectivity index (χ3v) is 1.16. The fourth-order valence-corrected chi connectivity index (χ4v) is 0.447. The molecule has 0 heterocycles. The summed E-state index contributed by atoms with van der Waals surface area (Å²) in [5.41, 5.74) is 7.96. The van der Waals surface area contributed by atoms with Crippen LogP contribution in [-0.2, 0) is 0 Å². The molecule has 4 heteroatoms. The summed E-state index contributed by atoms with van der Waals surface area (Å²) >= 11 is 0. The predicted octanol–water partition coefficient (Wildman–Crippen LogP) is 1.31. The van der Waals surface area contributed by atoms with Crippen LogP contribution < -0.4 is 0 Å². The van der Waals surface area contributed by atoms with Crippen LogP contribution in [0.5, 0.6) is 0 Å². The van der Waals surface area contributed by atoms with Crippen molar-refractivity contribution < 1.29 is 5.11 Å². The molecule has 0 fully saturated rings. The second kappa shape index (κ2) is 4.18. The predicted molar refractivity (Wildman–Crippen MR) is 34.9 cm³/mol. The third kappa shape index (κ3) is 2.95. The van der Waals surface area contributed by atoms with Gasteiger partial charge in [-0.15, -0.1) is 0 Å². The standard InChI is InChI=1S/C5H11N3O/c1-4(2)5(3-9)7-8-6/h4-5,9H,3H2,1-2H3/t5-/m0/s1. The van der Waals surface area contributed by atoms with Crippen LogP contribution in [0.1, 0.15) is 13.8 Å². The molecule has 0 saturated heterocycles. The Labute approximate surface area is 54.1 Å². The molecule has 9 heavy (non-hydrogen) atoms. The topological polar surface area (TPSA) is 69.0 Å². The second-order valence-corrected chi connectivity index (χ2v) is 2.20. The molecule has 0 spiro atoms. The zero-order valence-electron chi connectivity index (χ0n) is 5.65. The van der Waals surface area contributed by atoms with E-state index in [2.05, 4.69) is 10.0 Å². The third-order valence-electron chi connectivity index (χ3n) is 1.16. The van der Waals surface area contributed by atoms with E-state index in [1.54, 1.807) is 0 Å². The largest absolute Gasteiger partial charge is 0.396 e. The summed E-state index contributed by atoms with van der Waals surface area (Å²) in [6.07, 6.45) is 0. The molecule has 0 bridgehead atoms. The lowest BCUT2D eigenvalue weighted by Gasteiger charge is -2.09. The highest BCUT2D eigenvalue weighted by atomic mass is 16.3. The van der Waals surface area contributed by atoms with Crippen LogP contribution >= 0.6 is 0 Å². The van der Waals surface area contributed by atoms with E-state index in [0.717, 1.165) is 0 Å². The molecular weight excluding hydrogens is 118 g/mol. The van der Waals surface area contributed by atoms with Crippen molar-refractivity contribution in [1.29, 1.82) is 0 Å². The van der Waals surface area contributed by atoms with Crippen LogP contribution in [0.3, 0.4) is 0 Å². The Kier molecular flexibility index (Phi) is 3.84. The quantitative estimate of drug-likeness (QED) is 0.348. The van der Waals surface area contributed by atoms with Gasteiger partial charge in [-0.05, 0) is 11.4 Å². The first-order chi connectivity index (χ1) is 4.22. The van der Waals surface area contributed by atoms with E-state index in [-0.39, 0.29) is 18.6 Å². The molecule has 0 radical (unpaired) electrons. The fourth-order valence-electron chi connectivity index (χ4n) is 0.447. The Balaban J connectivity index is 3.82. The summed E-state index contributed by atoms with van der Waals surface area (Å²) in [5.74, 6) is 0.214. The number of aliphatic hydroxyl groups is 1. The van der Waals surface area contributed by atoms with E-state index in [1.165, 1.54) is 0 Å². The Morgan fingerprint density at radius 3 is 2.33 bits per heavy atom. The van der Waals surface area contributed by atoms with Crippen molar-refractivity contribution in [2.45, 2.75) is 19.9 Å². The van der Waals surface area contributed by atoms with Crippen LogP contribution in [0.15, 0.2) is 5.11 Å². The molecule has 4 nitrogen and oxygen atoms in total. The van der Waals surface area contributed by atoms with Crippen molar-refractivity contribution in [3.8, 4) is 0 Å². The monoisotopic (exact) mass is 129 g/mol. The first-order valence-corrected chi connectivity index (χ1v) is 2.87. The molecule has 1 atom stereocenters. The lowest BCUT2D eigenvalue weighted by Crippen LogP contribution is -2.16. The van der Waals surface area contributed by atoms with Crippen LogP contribution in [0.25, 0.3) is 10.4 Å². The molecule has 52 valence electrons. The highest BCUT2D eigenvalue weighted by Crippen LogP contribution is 2.04. The lowest BCUT2D eigenvalue weighted by molar-refractivity contribution is 0.238. The Morgan fingerprint density at radius 1 is 1.67 bits per heavy atom. The van der Waals surface area contributed by atoms with E-state index in [9.17, 15) is 0 Å². The molecule has 0 aromatic carbocycles. The van der Waals surface area contributed by atoms with Gasteiger partial charge in [-0.2, -0.15) is 0 Å². The highest BCUT2D eigenvalue weighted by molar-refractivity contribution is 4.68. The zero-order valence-corrected chi connectivity index (χ0v) is 5.65. The maximum atomic E-state index is 8.56. The van der Waals surface area contributed by atoms with Gasteiger partial charge in [0, 0.05) is 4.91 Å². The summed E-state index contributed by atoms with van der Waals surface area (Å²) in [7, 11) is 0. The first kappa shape index (κ1) is 8.27. The Bertz CT molecular complexity index is 117. The number of nitrogens with zero attached hydrogens (tertiary/aromatic N) is 3. The van der Waals surface area contributed by atoms with Crippen molar-refractivity contribution in [1.82, 2.24) is 0 Å². The maximum absolute atomic E-state index is 8.56. The number of rotatable bonds is 3. The summed E-state index contributed by atoms with van der Waals surface area (Å²) in [5, 5.41) is 11.9. The van der Waals surface area contributed by atoms with Gasteiger partial charge in [0.2, 0.25) is 0 Å². The van der Waals surface area contributed by atoms with Gasteiger partial charge in [0.05, 0.1) is 12.6 Å². The molecular formula is C5H11N3O. The zero-order chi connectivity index (χ0) is 7.28. The first-order valence-electron chi connectivity index (χ1n) is 2.87. The summed E-state index contributed by atoms with van der Waals surface area (Å²) in [6.45, 7) is 3.73. The van der Waals surface area contributed by atoms with Gasteiger partial charge in [-0.1, -0.05) is 19.0 Å². The van der Waals surface area contributed by atoms with E-state index in [1.807, 2.05) is 13.8 Å². The molecule has 0 unspecified atom stereocenters. The SMILES string of the molecule is CC(C)[C@H](CO)N=[N+]=[N-]. The van der Waals surface area contributed by atoms with Gasteiger partial charge in [-0.25, -0.2) is 0 Å². The van der Waals surface area contributed by atoms with Crippen molar-refractivity contribution in [2.24, 2.45) is 11.0 Å². The van der Waals surface area contributed by atoms with Gasteiger partial charge in [-0.3, -0.25) is 0 Å². The van der Waals surface area contributed by atoms with Gasteiger partial charge >= 0.3 is 0 Å². The average Bonchev–Trinajstić information content (AvgIpc) is 1.82. The number of hydrogen-bond donors (Lipinski definition) is 1. The lowest BCUT2D eigenvalue weighted by atomic mass is 10.1. The number of azide groups is 1. The summed E-state index contributed by atoms with van der Waals surface area (Å²) in [6, 6.07) is -0.269. The number of aliphatic hydroxyl groups excluding tert-OH is 1. The van der Waals surface area contributed by atoms with Crippen molar-refractivity contribution in [2.75, 3.05) is 6.61 Å². The van der Waals surface area contributed by atoms with Crippen LogP contribution in [0.2, 0.25) is 0 Å². The molecule has 0 aliphatic heterocycles. The van der Waals surface area contributed by atoms with Crippen LogP contribution in [0, 0.1) is 5.92 Å². The molecule has 1 N–H and O–H groups in total.